The van der Waals surface area contributed by atoms with E-state index >= 15 is 0 Å². The molecule has 0 radical (unpaired) electrons. The maximum Gasteiger partial charge on any atom is 0.236 e. The molecule has 0 bridgehead atoms. The van der Waals surface area contributed by atoms with Gasteiger partial charge in [0, 0.05) is 51.9 Å². The van der Waals surface area contributed by atoms with Crippen molar-refractivity contribution in [2.24, 2.45) is 0 Å². The van der Waals surface area contributed by atoms with Crippen LogP contribution in [0.3, 0.4) is 0 Å². The first-order chi connectivity index (χ1) is 10.3. The number of ether oxygens (including phenoxy) is 1. The Morgan fingerprint density at radius 2 is 1.81 bits per heavy atom. The van der Waals surface area contributed by atoms with Crippen molar-refractivity contribution in [1.82, 2.24) is 19.9 Å². The van der Waals surface area contributed by atoms with Crippen LogP contribution in [0.4, 0.5) is 0 Å². The van der Waals surface area contributed by atoms with Gasteiger partial charge in [-0.15, -0.1) is 0 Å². The Bertz CT molecular complexity index is 437. The SMILES string of the molecule is O=C(CN1CCN(Cc2ccon2)CC1)N1CCOCC1. The Morgan fingerprint density at radius 3 is 2.48 bits per heavy atom. The van der Waals surface area contributed by atoms with Gasteiger partial charge in [0.2, 0.25) is 5.91 Å². The van der Waals surface area contributed by atoms with Crippen LogP contribution in [0.2, 0.25) is 0 Å². The molecule has 1 aromatic heterocycles. The summed E-state index contributed by atoms with van der Waals surface area (Å²) in [4.78, 5) is 18.7. The second-order valence-corrected chi connectivity index (χ2v) is 5.54. The molecule has 1 aromatic rings. The normalized spacial score (nSPS) is 21.6. The number of aromatic nitrogens is 1. The molecule has 0 aromatic carbocycles. The molecule has 0 aliphatic carbocycles. The fourth-order valence-corrected chi connectivity index (χ4v) is 2.76. The molecule has 0 N–H and O–H groups in total. The van der Waals surface area contributed by atoms with E-state index in [1.165, 1.54) is 0 Å². The van der Waals surface area contributed by atoms with E-state index < -0.39 is 0 Å². The van der Waals surface area contributed by atoms with Gasteiger partial charge >= 0.3 is 0 Å². The fourth-order valence-electron chi connectivity index (χ4n) is 2.76. The number of piperazine rings is 1. The molecule has 7 heteroatoms. The van der Waals surface area contributed by atoms with Crippen molar-refractivity contribution < 1.29 is 14.1 Å². The molecule has 7 nitrogen and oxygen atoms in total. The van der Waals surface area contributed by atoms with Crippen LogP contribution in [0.25, 0.3) is 0 Å². The van der Waals surface area contributed by atoms with E-state index in [2.05, 4.69) is 15.0 Å². The predicted octanol–water partition coefficient (Wildman–Crippen LogP) is -0.349. The van der Waals surface area contributed by atoms with E-state index in [0.29, 0.717) is 19.8 Å². The summed E-state index contributed by atoms with van der Waals surface area (Å²) < 4.78 is 10.1. The Kier molecular flexibility index (Phi) is 4.84. The smallest absolute Gasteiger partial charge is 0.236 e. The highest BCUT2D eigenvalue weighted by Gasteiger charge is 2.23. The quantitative estimate of drug-likeness (QED) is 0.756. The summed E-state index contributed by atoms with van der Waals surface area (Å²) in [5.41, 5.74) is 0.966. The minimum absolute atomic E-state index is 0.225. The lowest BCUT2D eigenvalue weighted by molar-refractivity contribution is -0.136. The van der Waals surface area contributed by atoms with Crippen LogP contribution >= 0.6 is 0 Å². The molecule has 0 saturated carbocycles. The molecular weight excluding hydrogens is 272 g/mol. The molecule has 2 fully saturated rings. The third kappa shape index (κ3) is 4.03. The summed E-state index contributed by atoms with van der Waals surface area (Å²) >= 11 is 0. The van der Waals surface area contributed by atoms with Crippen molar-refractivity contribution >= 4 is 5.91 Å². The van der Waals surface area contributed by atoms with E-state index in [-0.39, 0.29) is 5.91 Å². The molecule has 2 aliphatic heterocycles. The zero-order chi connectivity index (χ0) is 14.5. The molecule has 0 spiro atoms. The molecule has 116 valence electrons. The highest BCUT2D eigenvalue weighted by molar-refractivity contribution is 5.78. The molecule has 0 atom stereocenters. The monoisotopic (exact) mass is 294 g/mol. The standard InChI is InChI=1S/C14H22N4O3/c19-14(18-6-9-20-10-7-18)12-17-4-2-16(3-5-17)11-13-1-8-21-15-13/h1,8H,2-7,9-12H2. The van der Waals surface area contributed by atoms with Crippen LogP contribution in [-0.4, -0.2) is 84.8 Å². The molecule has 0 unspecified atom stereocenters. The molecule has 3 rings (SSSR count). The van der Waals surface area contributed by atoms with Gasteiger partial charge in [0.05, 0.1) is 25.5 Å². The average molecular weight is 294 g/mol. The zero-order valence-corrected chi connectivity index (χ0v) is 12.2. The first kappa shape index (κ1) is 14.5. The van der Waals surface area contributed by atoms with Crippen molar-refractivity contribution in [2.75, 3.05) is 59.0 Å². The second-order valence-electron chi connectivity index (χ2n) is 5.54. The third-order valence-corrected chi connectivity index (χ3v) is 4.06. The number of hydrogen-bond acceptors (Lipinski definition) is 6. The van der Waals surface area contributed by atoms with Gasteiger partial charge in [-0.2, -0.15) is 0 Å². The first-order valence-corrected chi connectivity index (χ1v) is 7.51. The van der Waals surface area contributed by atoms with Crippen LogP contribution in [-0.2, 0) is 16.1 Å². The molecule has 2 aliphatic rings. The van der Waals surface area contributed by atoms with Gasteiger partial charge in [-0.25, -0.2) is 0 Å². The molecule has 2 saturated heterocycles. The Hall–Kier alpha value is -1.44. The zero-order valence-electron chi connectivity index (χ0n) is 12.2. The van der Waals surface area contributed by atoms with Crippen LogP contribution in [0, 0.1) is 0 Å². The molecule has 1 amide bonds. The summed E-state index contributed by atoms with van der Waals surface area (Å²) in [5, 5.41) is 3.94. The van der Waals surface area contributed by atoms with Gasteiger partial charge in [0.1, 0.15) is 6.26 Å². The third-order valence-electron chi connectivity index (χ3n) is 4.06. The summed E-state index contributed by atoms with van der Waals surface area (Å²) in [5.74, 6) is 0.225. The molecule has 3 heterocycles. The van der Waals surface area contributed by atoms with E-state index in [9.17, 15) is 4.79 Å². The van der Waals surface area contributed by atoms with Gasteiger partial charge in [0.15, 0.2) is 0 Å². The van der Waals surface area contributed by atoms with Crippen molar-refractivity contribution in [1.29, 1.82) is 0 Å². The number of rotatable bonds is 4. The highest BCUT2D eigenvalue weighted by atomic mass is 16.5. The van der Waals surface area contributed by atoms with E-state index in [1.54, 1.807) is 6.26 Å². The van der Waals surface area contributed by atoms with Gasteiger partial charge in [0.25, 0.3) is 0 Å². The summed E-state index contributed by atoms with van der Waals surface area (Å²) in [6.45, 7) is 7.90. The number of amides is 1. The predicted molar refractivity (Wildman–Crippen MR) is 75.6 cm³/mol. The van der Waals surface area contributed by atoms with Gasteiger partial charge in [-0.1, -0.05) is 5.16 Å². The average Bonchev–Trinajstić information content (AvgIpc) is 3.03. The Labute approximate surface area is 124 Å². The lowest BCUT2D eigenvalue weighted by Gasteiger charge is -2.35. The minimum Gasteiger partial charge on any atom is -0.378 e. The summed E-state index contributed by atoms with van der Waals surface area (Å²) in [6.07, 6.45) is 1.60. The maximum atomic E-state index is 12.2. The van der Waals surface area contributed by atoms with E-state index in [0.717, 1.165) is 51.5 Å². The Morgan fingerprint density at radius 1 is 1.10 bits per heavy atom. The van der Waals surface area contributed by atoms with Crippen LogP contribution < -0.4 is 0 Å². The molecular formula is C14H22N4O3. The second kappa shape index (κ2) is 7.02. The first-order valence-electron chi connectivity index (χ1n) is 7.51. The fraction of sp³-hybridized carbons (Fsp3) is 0.714. The van der Waals surface area contributed by atoms with Crippen LogP contribution in [0.15, 0.2) is 16.9 Å². The van der Waals surface area contributed by atoms with Crippen LogP contribution in [0.1, 0.15) is 5.69 Å². The van der Waals surface area contributed by atoms with E-state index in [1.807, 2.05) is 11.0 Å². The summed E-state index contributed by atoms with van der Waals surface area (Å²) in [6, 6.07) is 1.90. The van der Waals surface area contributed by atoms with Crippen molar-refractivity contribution in [3.8, 4) is 0 Å². The minimum atomic E-state index is 0.225. The number of carbonyl (C=O) groups is 1. The van der Waals surface area contributed by atoms with Crippen LogP contribution in [0.5, 0.6) is 0 Å². The van der Waals surface area contributed by atoms with E-state index in [4.69, 9.17) is 9.26 Å². The number of nitrogens with zero attached hydrogens (tertiary/aromatic N) is 4. The van der Waals surface area contributed by atoms with Crippen molar-refractivity contribution in [3.63, 3.8) is 0 Å². The van der Waals surface area contributed by atoms with Gasteiger partial charge in [-0.05, 0) is 0 Å². The number of carbonyl (C=O) groups excluding carboxylic acids is 1. The lowest BCUT2D eigenvalue weighted by Crippen LogP contribution is -2.51. The molecule has 21 heavy (non-hydrogen) atoms. The van der Waals surface area contributed by atoms with Gasteiger partial charge in [-0.3, -0.25) is 14.6 Å². The topological polar surface area (TPSA) is 62.1 Å². The maximum absolute atomic E-state index is 12.2. The lowest BCUT2D eigenvalue weighted by atomic mass is 10.2. The number of morpholine rings is 1. The van der Waals surface area contributed by atoms with Gasteiger partial charge < -0.3 is 14.2 Å². The largest absolute Gasteiger partial charge is 0.378 e. The van der Waals surface area contributed by atoms with Crippen molar-refractivity contribution in [2.45, 2.75) is 6.54 Å². The Balaban J connectivity index is 1.40. The highest BCUT2D eigenvalue weighted by Crippen LogP contribution is 2.08. The summed E-state index contributed by atoms with van der Waals surface area (Å²) in [7, 11) is 0. The number of hydrogen-bond donors (Lipinski definition) is 0. The van der Waals surface area contributed by atoms with Crippen molar-refractivity contribution in [3.05, 3.63) is 18.0 Å².